The summed E-state index contributed by atoms with van der Waals surface area (Å²) in [6.45, 7) is 6.46. The smallest absolute Gasteiger partial charge is 0.397 e. The van der Waals surface area contributed by atoms with Crippen molar-refractivity contribution in [1.29, 1.82) is 0 Å². The predicted octanol–water partition coefficient (Wildman–Crippen LogP) is 5.75. The molecular weight excluding hydrogens is 2220 g/mol. The van der Waals surface area contributed by atoms with Gasteiger partial charge in [0, 0.05) is 49.9 Å². The number of amides is 1. The molecule has 84 heteroatoms. The summed E-state index contributed by atoms with van der Waals surface area (Å²) in [5.41, 5.74) is 18.4. The second-order valence-electron chi connectivity index (χ2n) is 25.7. The first kappa shape index (κ1) is 119. The van der Waals surface area contributed by atoms with Crippen molar-refractivity contribution in [3.05, 3.63) is 84.1 Å². The molecule has 24 N–H and O–H groups in total. The van der Waals surface area contributed by atoms with Crippen LogP contribution in [0, 0.1) is 0 Å². The molecule has 8 unspecified atom stereocenters. The monoisotopic (exact) mass is 2310 g/mol. The molecule has 0 aromatic carbocycles. The fourth-order valence-corrected chi connectivity index (χ4v) is 26.5. The van der Waals surface area contributed by atoms with Crippen molar-refractivity contribution in [2.75, 3.05) is 86.7 Å². The molecule has 6 aliphatic heterocycles. The van der Waals surface area contributed by atoms with E-state index in [-0.39, 0.29) is 84.1 Å². The summed E-state index contributed by atoms with van der Waals surface area (Å²) < 4.78 is 235. The first-order valence-electron chi connectivity index (χ1n) is 35.4. The molecule has 64 nitrogen and oxygen atoms in total. The molecule has 134 heavy (non-hydrogen) atoms. The van der Waals surface area contributed by atoms with E-state index in [2.05, 4.69) is 96.4 Å². The van der Waals surface area contributed by atoms with Crippen LogP contribution in [-0.2, 0) is 150 Å². The van der Waals surface area contributed by atoms with Gasteiger partial charge in [0.15, 0.2) is 16.8 Å². The van der Waals surface area contributed by atoms with Gasteiger partial charge in [0.2, 0.25) is 5.95 Å². The van der Waals surface area contributed by atoms with Gasteiger partial charge in [-0.2, -0.15) is 39.5 Å². The number of nitrogens with one attached hydrogen (secondary N) is 2. The Kier molecular flexibility index (Phi) is 45.6. The molecule has 4 fully saturated rings. The zero-order chi connectivity index (χ0) is 100. The van der Waals surface area contributed by atoms with Crippen LogP contribution < -0.4 is 28.1 Å². The molecule has 764 valence electrons. The van der Waals surface area contributed by atoms with E-state index < -0.39 is 200 Å². The van der Waals surface area contributed by atoms with E-state index in [0.717, 1.165) is 0 Å². The number of nitrogens with two attached hydrogens (primary N) is 3. The zero-order valence-electron chi connectivity index (χ0n) is 68.3. The Morgan fingerprint density at radius 1 is 0.455 bits per heavy atom. The van der Waals surface area contributed by atoms with Gasteiger partial charge in [-0.1, -0.05) is 99.5 Å². The van der Waals surface area contributed by atoms with E-state index in [1.165, 1.54) is 122 Å². The topological polar surface area (TPSA) is 933 Å². The lowest BCUT2D eigenvalue weighted by Gasteiger charge is -2.32. The van der Waals surface area contributed by atoms with E-state index in [9.17, 15) is 104 Å². The number of aromatic nitrogens is 7. The molecule has 6 aliphatic rings. The van der Waals surface area contributed by atoms with Gasteiger partial charge in [-0.25, -0.2) is 74.7 Å². The third-order valence-corrected chi connectivity index (χ3v) is 37.3. The zero-order valence-corrected chi connectivity index (χ0v) is 85.6. The Labute approximate surface area is 786 Å². The number of aliphatic imine (C=N–C) groups is 1. The van der Waals surface area contributed by atoms with Crippen LogP contribution in [0.15, 0.2) is 83.6 Å². The van der Waals surface area contributed by atoms with Crippen molar-refractivity contribution in [2.45, 2.75) is 106 Å². The number of phosphoric acid groups is 12. The number of pyridine rings is 1. The largest absolute Gasteiger partial charge is 0.490 e. The van der Waals surface area contributed by atoms with Gasteiger partial charge >= 0.3 is 93.9 Å². The van der Waals surface area contributed by atoms with E-state index in [0.29, 0.717) is 28.2 Å². The highest BCUT2D eigenvalue weighted by atomic mass is 33.1. The summed E-state index contributed by atoms with van der Waals surface area (Å²) in [4.78, 5) is 194. The number of fused-ring (bicyclic) bond motifs is 2. The molecule has 0 spiro atoms. The van der Waals surface area contributed by atoms with Crippen LogP contribution in [0.25, 0.3) is 22.3 Å². The van der Waals surface area contributed by atoms with E-state index in [4.69, 9.17) is 98.8 Å². The lowest BCUT2D eigenvalue weighted by atomic mass is 10.1. The Hall–Kier alpha value is -1.81. The van der Waals surface area contributed by atoms with Crippen LogP contribution in [0.3, 0.4) is 0 Å². The average molecular weight is 2310 g/mol. The lowest BCUT2D eigenvalue weighted by molar-refractivity contribution is -0.119. The number of nitrogen functional groups attached to an aromatic ring is 2. The quantitative estimate of drug-likeness (QED) is 0.0108. The van der Waals surface area contributed by atoms with Crippen LogP contribution in [0.4, 0.5) is 11.6 Å². The first-order chi connectivity index (χ1) is 61.8. The van der Waals surface area contributed by atoms with E-state index >= 15 is 0 Å². The number of rotatable bonds is 48. The van der Waals surface area contributed by atoms with E-state index in [1.54, 1.807) is 33.6 Å². The maximum absolute atomic E-state index is 12.1. The number of nitrogens with zero attached hydrogens (tertiary/aromatic N) is 9. The fourth-order valence-electron chi connectivity index (χ4n) is 11.3. The molecule has 4 aromatic rings. The Balaban J connectivity index is 0.000000244. The summed E-state index contributed by atoms with van der Waals surface area (Å²) in [6, 6.07) is 1.59. The molecule has 10 heterocycles. The highest BCUT2D eigenvalue weighted by Crippen LogP contribution is 2.70. The minimum Gasteiger partial charge on any atom is -0.397 e. The minimum atomic E-state index is -5.67. The summed E-state index contributed by atoms with van der Waals surface area (Å²) in [5.74, 6) is 1.24. The lowest BCUT2D eigenvalue weighted by Crippen LogP contribution is -2.42. The molecule has 4 saturated heterocycles. The number of hydrogen-bond donors (Lipinski definition) is 21. The number of H-pyrrole nitrogens is 1. The number of carbonyl (C=O) groups is 1. The molecule has 4 aromatic heterocycles. The number of phosphoric ester groups is 4. The second-order valence-corrected chi connectivity index (χ2v) is 53.5. The van der Waals surface area contributed by atoms with Crippen LogP contribution in [0.1, 0.15) is 45.1 Å². The number of imidazole rings is 2. The number of amidine groups is 1. The maximum atomic E-state index is 12.1. The van der Waals surface area contributed by atoms with Crippen molar-refractivity contribution in [2.24, 2.45) is 10.7 Å². The molecule has 0 bridgehead atoms. The molecule has 0 aliphatic carbocycles. The molecule has 20 atom stereocenters. The normalized spacial score (nSPS) is 26.1. The van der Waals surface area contributed by atoms with Crippen LogP contribution in [0.5, 0.6) is 0 Å². The van der Waals surface area contributed by atoms with Crippen molar-refractivity contribution in [3.8, 4) is 0 Å². The number of ether oxygens (including phenoxy) is 8. The molecule has 10 rings (SSSR count). The van der Waals surface area contributed by atoms with Crippen molar-refractivity contribution >= 4 is 226 Å². The second kappa shape index (κ2) is 51.3. The Morgan fingerprint density at radius 2 is 0.784 bits per heavy atom. The Morgan fingerprint density at radius 3 is 1.13 bits per heavy atom. The first-order valence-corrected chi connectivity index (χ1v) is 64.4. The third-order valence-electron chi connectivity index (χ3n) is 16.2. The third kappa shape index (κ3) is 40.7. The van der Waals surface area contributed by atoms with Gasteiger partial charge in [0.1, 0.15) is 96.1 Å². The summed E-state index contributed by atoms with van der Waals surface area (Å²) in [7, 11) is -54.5. The van der Waals surface area contributed by atoms with Crippen molar-refractivity contribution in [1.82, 2.24) is 49.2 Å². The molecule has 0 saturated carbocycles. The van der Waals surface area contributed by atoms with Gasteiger partial charge in [0.25, 0.3) is 11.5 Å². The highest BCUT2D eigenvalue weighted by molar-refractivity contribution is 8.77. The van der Waals surface area contributed by atoms with E-state index in [1.807, 2.05) is 25.0 Å². The van der Waals surface area contributed by atoms with Crippen LogP contribution >= 0.6 is 180 Å². The fraction of sp³-hybridized carbons (Fsp3) is 0.580. The van der Waals surface area contributed by atoms with Gasteiger partial charge < -0.3 is 149 Å². The molecule has 0 radical (unpaired) electrons. The summed E-state index contributed by atoms with van der Waals surface area (Å²) >= 11 is 0. The van der Waals surface area contributed by atoms with Crippen molar-refractivity contribution < 1.29 is 228 Å². The van der Waals surface area contributed by atoms with Crippen molar-refractivity contribution in [3.63, 3.8) is 0 Å². The molecule has 1 amide bonds. The standard InChI is InChI=1S/C13H21N4O12P3S2.C13H23N2O13P3S2.C12H20N5O13P3S2.C12H22N3O12P3S2/c1-33-34-7-25-9-4-11(17-6-16-12-8(14)2-3-15-13(12)17)27-10(9)5-26-31(21,22)29-32(23,24)28-30(18,19)20;1-8-5-15(9(2)14-13(8)16)12-4-10(24-7-33-32-3)11(26-12)6-25-30(20,21)28-31(22,23)27-29(17,18)19;1-34-35-5-26-6-2-8(17-4-14-9-10(17)15-12(13)16-11(9)18)28-7(6)3-27-32(22,23)30-33(24,25)29-31(19,20)21;1-8-14-11(13)3-4-15(8)12-5-9(23-7-32-31-2)10(25-12)6-24-29(19,20)27-30(21,22)26-28(16,17)18/h2-3,6,9-11H,4-5,7H2,1H3,(H2,14,15)(H,21,22)(H,23,24)(H2,18,19,20);5,10-12H,2,4,6-7H2,1,3H3,(H,14,16)(H,20,21)(H,22,23)(H2,17,18,19);4,6-8H,2-3,5H2,1H3,(H,22,23)(H,24,25)(H2,19,20,21)(H3,13,15,16,18);3-4,9-10,12H,1,5-7H2,2H3,(H2,13,14)(H,19,20)(H,21,22)(H2,16,17,18)/t9-,10+,11+;10-,11+,12+;6-,7+,8+;9-,10+,12+/m0000/s1. The number of anilines is 2. The highest BCUT2D eigenvalue weighted by Gasteiger charge is 2.50. The maximum Gasteiger partial charge on any atom is 0.490 e. The van der Waals surface area contributed by atoms with Gasteiger partial charge in [-0.05, 0) is 44.1 Å². The summed E-state index contributed by atoms with van der Waals surface area (Å²) in [6.07, 6.45) is 7.77. The van der Waals surface area contributed by atoms with Gasteiger partial charge in [-0.15, -0.1) is 0 Å². The Bertz CT molecular complexity index is 5530. The number of aromatic amines is 1. The van der Waals surface area contributed by atoms with Gasteiger partial charge in [0.05, 0.1) is 69.2 Å². The number of carbonyl (C=O) groups excluding carboxylic acids is 1. The average Bonchev–Trinajstić information content (AvgIpc) is 1.50. The van der Waals surface area contributed by atoms with Gasteiger partial charge in [-0.3, -0.25) is 41.8 Å². The predicted molar refractivity (Wildman–Crippen MR) is 475 cm³/mol. The summed E-state index contributed by atoms with van der Waals surface area (Å²) in [5, 5.41) is 2.56. The minimum absolute atomic E-state index is 0.00470. The number of hydrogen-bond acceptors (Lipinski definition) is 52. The van der Waals surface area contributed by atoms with Crippen LogP contribution in [-0.4, -0.2) is 270 Å². The molecular formula is C50H86N14O50P12S8. The van der Waals surface area contributed by atoms with Crippen LogP contribution in [0.2, 0.25) is 0 Å². The SMILES string of the molecule is C=C1N=C(N)C=CN1[C@H]1C[C@H](OCSSC)[C@@H](COP(=O)(O)OP(=O)(O)OP(=O)(O)O)O1.C=C1NC(=O)C(C)=CN1[C@H]1C[C@H](OCSSC)[C@@H](COP(=O)(O)OP(=O)(O)OP(=O)(O)O)O1.CSSCO[C@H]1C[C@H](n2cnc3c(=O)[nH]c(N)nc32)O[C@@H]1COP(=O)(O)OP(=O)(O)OP(=O)(O)O.CSSCO[C@H]1C[C@H](n2cnc3c(N)ccnc32)O[C@@H]1COP(=O)(O)OP(=O)(O)OP(=O)(O)O.